The molecule has 0 amide bonds. The molecule has 6 heteroatoms. The summed E-state index contributed by atoms with van der Waals surface area (Å²) in [6.07, 6.45) is 1.97. The number of amidine groups is 1. The number of nitrogens with zero attached hydrogens (tertiary/aromatic N) is 2. The van der Waals surface area contributed by atoms with E-state index in [-0.39, 0.29) is 12.0 Å². The maximum Gasteiger partial charge on any atom is 0.338 e. The van der Waals surface area contributed by atoms with Crippen molar-refractivity contribution in [3.63, 3.8) is 0 Å². The lowest BCUT2D eigenvalue weighted by molar-refractivity contribution is -0.139. The molecule has 1 aromatic carbocycles. The number of thioether (sulfide) groups is 1. The molecule has 132 valence electrons. The third-order valence-electron chi connectivity index (χ3n) is 4.39. The second kappa shape index (κ2) is 6.96. The molecule has 0 spiro atoms. The van der Waals surface area contributed by atoms with Gasteiger partial charge in [-0.3, -0.25) is 0 Å². The Balaban J connectivity index is 2.17. The van der Waals surface area contributed by atoms with Gasteiger partial charge in [0.15, 0.2) is 5.17 Å². The lowest BCUT2D eigenvalue weighted by atomic mass is 9.90. The Bertz CT molecular complexity index is 811. The van der Waals surface area contributed by atoms with Gasteiger partial charge in [-0.1, -0.05) is 11.8 Å². The quantitative estimate of drug-likeness (QED) is 0.759. The highest BCUT2D eigenvalue weighted by Gasteiger charge is 2.38. The summed E-state index contributed by atoms with van der Waals surface area (Å²) in [6, 6.07) is 3.86. The smallest absolute Gasteiger partial charge is 0.338 e. The molecule has 25 heavy (non-hydrogen) atoms. The highest BCUT2D eigenvalue weighted by molar-refractivity contribution is 8.16. The molecule has 1 atom stereocenters. The molecule has 0 saturated heterocycles. The maximum absolute atomic E-state index is 12.7. The number of carbonyl (C=O) groups excluding carboxylic acids is 1. The number of esters is 1. The van der Waals surface area contributed by atoms with Crippen molar-refractivity contribution in [1.29, 1.82) is 0 Å². The molecular weight excluding hydrogens is 336 g/mol. The largest absolute Gasteiger partial charge is 0.496 e. The first-order valence-electron chi connectivity index (χ1n) is 8.21. The number of rotatable bonds is 4. The molecule has 5 nitrogen and oxygen atoms in total. The zero-order valence-corrected chi connectivity index (χ0v) is 15.9. The third kappa shape index (κ3) is 3.06. The van der Waals surface area contributed by atoms with Crippen LogP contribution in [0.25, 0.3) is 0 Å². The Labute approximate surface area is 152 Å². The first kappa shape index (κ1) is 17.6. The third-order valence-corrected chi connectivity index (χ3v) is 5.16. The van der Waals surface area contributed by atoms with Crippen LogP contribution in [0, 0.1) is 13.8 Å². The number of hydrogen-bond acceptors (Lipinski definition) is 6. The Kier molecular flexibility index (Phi) is 4.90. The van der Waals surface area contributed by atoms with Crippen molar-refractivity contribution in [1.82, 2.24) is 4.90 Å². The van der Waals surface area contributed by atoms with Gasteiger partial charge in [-0.15, -0.1) is 0 Å². The summed E-state index contributed by atoms with van der Waals surface area (Å²) in [5.74, 6) is 0.529. The molecule has 0 unspecified atom stereocenters. The fourth-order valence-corrected chi connectivity index (χ4v) is 3.99. The molecular formula is C19H22N2O3S. The van der Waals surface area contributed by atoms with Gasteiger partial charge in [0.2, 0.25) is 0 Å². The average molecular weight is 358 g/mol. The molecule has 2 heterocycles. The van der Waals surface area contributed by atoms with E-state index in [4.69, 9.17) is 9.47 Å². The minimum Gasteiger partial charge on any atom is -0.496 e. The fraction of sp³-hybridized carbons (Fsp3) is 0.368. The predicted molar refractivity (Wildman–Crippen MR) is 101 cm³/mol. The van der Waals surface area contributed by atoms with Gasteiger partial charge in [0.25, 0.3) is 0 Å². The first-order chi connectivity index (χ1) is 12.0. The number of aryl methyl sites for hydroxylation is 2. The van der Waals surface area contributed by atoms with Gasteiger partial charge >= 0.3 is 5.97 Å². The Hall–Kier alpha value is -2.21. The van der Waals surface area contributed by atoms with Crippen LogP contribution >= 0.6 is 11.8 Å². The van der Waals surface area contributed by atoms with Crippen molar-refractivity contribution < 1.29 is 14.3 Å². The summed E-state index contributed by atoms with van der Waals surface area (Å²) in [5.41, 5.74) is 4.45. The monoisotopic (exact) mass is 358 g/mol. The van der Waals surface area contributed by atoms with Crippen molar-refractivity contribution >= 4 is 22.9 Å². The summed E-state index contributed by atoms with van der Waals surface area (Å²) >= 11 is 1.56. The topological polar surface area (TPSA) is 51.1 Å². The van der Waals surface area contributed by atoms with Crippen molar-refractivity contribution in [2.75, 3.05) is 13.7 Å². The van der Waals surface area contributed by atoms with E-state index in [1.807, 2.05) is 50.3 Å². The van der Waals surface area contributed by atoms with Gasteiger partial charge in [0.1, 0.15) is 5.75 Å². The summed E-state index contributed by atoms with van der Waals surface area (Å²) in [5, 5.41) is 2.86. The number of fused-ring (bicyclic) bond motifs is 1. The minimum atomic E-state index is -0.314. The summed E-state index contributed by atoms with van der Waals surface area (Å²) in [6.45, 7) is 8.07. The van der Waals surface area contributed by atoms with E-state index >= 15 is 0 Å². The van der Waals surface area contributed by atoms with Crippen LogP contribution < -0.4 is 4.74 Å². The molecule has 3 rings (SSSR count). The van der Waals surface area contributed by atoms with Gasteiger partial charge in [-0.25, -0.2) is 9.79 Å². The molecule has 0 fully saturated rings. The Morgan fingerprint density at radius 1 is 1.28 bits per heavy atom. The molecule has 1 aromatic rings. The van der Waals surface area contributed by atoms with Crippen molar-refractivity contribution in [3.8, 4) is 5.75 Å². The number of hydrogen-bond donors (Lipinski definition) is 0. The summed E-state index contributed by atoms with van der Waals surface area (Å²) in [7, 11) is 1.67. The van der Waals surface area contributed by atoms with Crippen LogP contribution in [0.2, 0.25) is 0 Å². The lowest BCUT2D eigenvalue weighted by Gasteiger charge is -2.34. The van der Waals surface area contributed by atoms with Crippen molar-refractivity contribution in [3.05, 3.63) is 51.7 Å². The second-order valence-electron chi connectivity index (χ2n) is 6.01. The van der Waals surface area contributed by atoms with Gasteiger partial charge in [0, 0.05) is 6.20 Å². The molecule has 0 aromatic heterocycles. The van der Waals surface area contributed by atoms with Crippen molar-refractivity contribution in [2.45, 2.75) is 33.7 Å². The van der Waals surface area contributed by atoms with E-state index in [1.165, 1.54) is 0 Å². The van der Waals surface area contributed by atoms with Crippen molar-refractivity contribution in [2.24, 2.45) is 4.99 Å². The summed E-state index contributed by atoms with van der Waals surface area (Å²) < 4.78 is 10.7. The van der Waals surface area contributed by atoms with E-state index in [0.29, 0.717) is 17.9 Å². The van der Waals surface area contributed by atoms with E-state index in [0.717, 1.165) is 27.6 Å². The van der Waals surface area contributed by atoms with E-state index in [9.17, 15) is 4.79 Å². The van der Waals surface area contributed by atoms with Crippen LogP contribution in [0.1, 0.15) is 36.6 Å². The molecule has 0 bridgehead atoms. The zero-order chi connectivity index (χ0) is 18.1. The second-order valence-corrected chi connectivity index (χ2v) is 6.88. The van der Waals surface area contributed by atoms with E-state index < -0.39 is 0 Å². The van der Waals surface area contributed by atoms with Gasteiger partial charge in [-0.05, 0) is 61.9 Å². The Morgan fingerprint density at radius 2 is 2.04 bits per heavy atom. The number of methoxy groups -OCH3 is 1. The van der Waals surface area contributed by atoms with E-state index in [2.05, 4.69) is 11.1 Å². The van der Waals surface area contributed by atoms with Crippen LogP contribution in [0.5, 0.6) is 5.75 Å². The van der Waals surface area contributed by atoms with Crippen LogP contribution in [0.3, 0.4) is 0 Å². The standard InChI is InChI=1S/C19H22N2O3S/c1-6-24-18(22)16-13(4)20-19-21(7-8-25-19)17(16)14-9-12(3)15(23-5)10-11(14)2/h7-10,17H,6H2,1-5H3/t17-/m0/s1. The fourth-order valence-electron chi connectivity index (χ4n) is 3.20. The number of carbonyl (C=O) groups is 1. The van der Waals surface area contributed by atoms with Crippen LogP contribution in [0.4, 0.5) is 0 Å². The predicted octanol–water partition coefficient (Wildman–Crippen LogP) is 4.08. The Morgan fingerprint density at radius 3 is 2.72 bits per heavy atom. The lowest BCUT2D eigenvalue weighted by Crippen LogP contribution is -2.34. The van der Waals surface area contributed by atoms with E-state index in [1.54, 1.807) is 18.9 Å². The number of ether oxygens (including phenoxy) is 2. The van der Waals surface area contributed by atoms with Gasteiger partial charge in [0.05, 0.1) is 31.0 Å². The van der Waals surface area contributed by atoms with Crippen LogP contribution in [-0.2, 0) is 9.53 Å². The van der Waals surface area contributed by atoms with Crippen LogP contribution in [0.15, 0.2) is 40.0 Å². The highest BCUT2D eigenvalue weighted by Crippen LogP contribution is 2.43. The maximum atomic E-state index is 12.7. The highest BCUT2D eigenvalue weighted by atomic mass is 32.2. The number of allylic oxidation sites excluding steroid dienone is 1. The average Bonchev–Trinajstić information content (AvgIpc) is 3.03. The first-order valence-corrected chi connectivity index (χ1v) is 9.09. The SMILES string of the molecule is CCOC(=O)C1=C(C)N=C2SC=CN2[C@H]1c1cc(C)c(OC)cc1C. The zero-order valence-electron chi connectivity index (χ0n) is 15.1. The number of benzene rings is 1. The minimum absolute atomic E-state index is 0.248. The molecule has 0 radical (unpaired) electrons. The molecule has 2 aliphatic heterocycles. The van der Waals surface area contributed by atoms with Crippen LogP contribution in [-0.4, -0.2) is 29.8 Å². The molecule has 0 saturated carbocycles. The van der Waals surface area contributed by atoms with Gasteiger partial charge in [-0.2, -0.15) is 0 Å². The van der Waals surface area contributed by atoms with Gasteiger partial charge < -0.3 is 14.4 Å². The summed E-state index contributed by atoms with van der Waals surface area (Å²) in [4.78, 5) is 19.3. The molecule has 2 aliphatic rings. The molecule has 0 aliphatic carbocycles. The number of aliphatic imine (C=N–C) groups is 1. The normalized spacial score (nSPS) is 19.0. The molecule has 0 N–H and O–H groups in total.